The van der Waals surface area contributed by atoms with Crippen LogP contribution in [0.15, 0.2) is 22.7 Å². The van der Waals surface area contributed by atoms with E-state index >= 15 is 0 Å². The van der Waals surface area contributed by atoms with Gasteiger partial charge in [-0.1, -0.05) is 25.3 Å². The number of benzene rings is 1. The molecule has 0 aliphatic heterocycles. The SMILES string of the molecule is Cc1ccc(Br)c(NC(=O)NC2CCCCC2)c1. The number of rotatable bonds is 2. The van der Waals surface area contributed by atoms with Crippen molar-refractivity contribution in [3.05, 3.63) is 28.2 Å². The highest BCUT2D eigenvalue weighted by atomic mass is 79.9. The van der Waals surface area contributed by atoms with Crippen LogP contribution in [0.5, 0.6) is 0 Å². The van der Waals surface area contributed by atoms with Crippen LogP contribution in [-0.4, -0.2) is 12.1 Å². The molecule has 1 aliphatic rings. The van der Waals surface area contributed by atoms with Crippen molar-refractivity contribution in [3.8, 4) is 0 Å². The Labute approximate surface area is 116 Å². The second kappa shape index (κ2) is 6.23. The lowest BCUT2D eigenvalue weighted by Gasteiger charge is -2.23. The molecular weight excluding hydrogens is 292 g/mol. The van der Waals surface area contributed by atoms with Gasteiger partial charge in [-0.05, 0) is 53.4 Å². The number of amides is 2. The number of carbonyl (C=O) groups excluding carboxylic acids is 1. The summed E-state index contributed by atoms with van der Waals surface area (Å²) in [6, 6.07) is 6.15. The lowest BCUT2D eigenvalue weighted by Crippen LogP contribution is -2.39. The minimum Gasteiger partial charge on any atom is -0.335 e. The van der Waals surface area contributed by atoms with Crippen molar-refractivity contribution in [2.45, 2.75) is 45.1 Å². The van der Waals surface area contributed by atoms with Crippen molar-refractivity contribution in [2.75, 3.05) is 5.32 Å². The Bertz CT molecular complexity index is 428. The van der Waals surface area contributed by atoms with E-state index in [0.29, 0.717) is 6.04 Å². The van der Waals surface area contributed by atoms with E-state index < -0.39 is 0 Å². The highest BCUT2D eigenvalue weighted by Gasteiger charge is 2.15. The predicted molar refractivity (Wildman–Crippen MR) is 77.9 cm³/mol. The first-order valence-corrected chi connectivity index (χ1v) is 7.28. The Kier molecular flexibility index (Phi) is 4.64. The van der Waals surface area contributed by atoms with E-state index in [1.54, 1.807) is 0 Å². The van der Waals surface area contributed by atoms with Gasteiger partial charge in [-0.2, -0.15) is 0 Å². The van der Waals surface area contributed by atoms with Crippen LogP contribution in [0.25, 0.3) is 0 Å². The number of halogens is 1. The van der Waals surface area contributed by atoms with Gasteiger partial charge in [-0.3, -0.25) is 0 Å². The van der Waals surface area contributed by atoms with Gasteiger partial charge in [0, 0.05) is 10.5 Å². The molecule has 1 fully saturated rings. The van der Waals surface area contributed by atoms with Crippen LogP contribution in [-0.2, 0) is 0 Å². The summed E-state index contributed by atoms with van der Waals surface area (Å²) < 4.78 is 0.909. The summed E-state index contributed by atoms with van der Waals surface area (Å²) in [6.07, 6.45) is 5.94. The van der Waals surface area contributed by atoms with Crippen LogP contribution >= 0.6 is 15.9 Å². The molecule has 3 nitrogen and oxygen atoms in total. The zero-order valence-electron chi connectivity index (χ0n) is 10.6. The average molecular weight is 311 g/mol. The van der Waals surface area contributed by atoms with Crippen LogP contribution in [0.4, 0.5) is 10.5 Å². The molecule has 0 bridgehead atoms. The summed E-state index contributed by atoms with van der Waals surface area (Å²) in [5.41, 5.74) is 1.95. The van der Waals surface area contributed by atoms with E-state index in [4.69, 9.17) is 0 Å². The molecule has 2 N–H and O–H groups in total. The second-order valence-corrected chi connectivity index (χ2v) is 5.77. The molecule has 0 unspecified atom stereocenters. The first-order valence-electron chi connectivity index (χ1n) is 6.49. The summed E-state index contributed by atoms with van der Waals surface area (Å²) in [7, 11) is 0. The Hall–Kier alpha value is -1.03. The van der Waals surface area contributed by atoms with Crippen LogP contribution in [0.2, 0.25) is 0 Å². The topological polar surface area (TPSA) is 41.1 Å². The zero-order valence-corrected chi connectivity index (χ0v) is 12.2. The standard InChI is InChI=1S/C14H19BrN2O/c1-10-7-8-12(15)13(9-10)17-14(18)16-11-5-3-2-4-6-11/h7-9,11H,2-6H2,1H3,(H2,16,17,18). The maximum Gasteiger partial charge on any atom is 0.319 e. The molecule has 1 aromatic rings. The van der Waals surface area contributed by atoms with E-state index in [9.17, 15) is 4.79 Å². The fourth-order valence-electron chi connectivity index (χ4n) is 2.33. The summed E-state index contributed by atoms with van der Waals surface area (Å²) in [5.74, 6) is 0. The fourth-order valence-corrected chi connectivity index (χ4v) is 2.67. The molecule has 18 heavy (non-hydrogen) atoms. The molecule has 0 atom stereocenters. The van der Waals surface area contributed by atoms with Crippen molar-refractivity contribution in [2.24, 2.45) is 0 Å². The summed E-state index contributed by atoms with van der Waals surface area (Å²) in [5, 5.41) is 5.94. The fraction of sp³-hybridized carbons (Fsp3) is 0.500. The van der Waals surface area contributed by atoms with Gasteiger partial charge in [0.15, 0.2) is 0 Å². The lowest BCUT2D eigenvalue weighted by atomic mass is 9.96. The van der Waals surface area contributed by atoms with Gasteiger partial charge in [0.05, 0.1) is 5.69 Å². The molecule has 0 radical (unpaired) electrons. The molecule has 0 heterocycles. The van der Waals surface area contributed by atoms with Crippen molar-refractivity contribution in [3.63, 3.8) is 0 Å². The van der Waals surface area contributed by atoms with Gasteiger partial charge in [0.2, 0.25) is 0 Å². The molecule has 0 saturated heterocycles. The third-order valence-corrected chi connectivity index (χ3v) is 4.00. The average Bonchev–Trinajstić information content (AvgIpc) is 2.35. The molecule has 1 aliphatic carbocycles. The molecule has 0 aromatic heterocycles. The monoisotopic (exact) mass is 310 g/mol. The van der Waals surface area contributed by atoms with Crippen LogP contribution in [0.3, 0.4) is 0 Å². The van der Waals surface area contributed by atoms with Crippen molar-refractivity contribution in [1.29, 1.82) is 0 Å². The maximum atomic E-state index is 11.9. The molecule has 1 saturated carbocycles. The van der Waals surface area contributed by atoms with Crippen LogP contribution in [0.1, 0.15) is 37.7 Å². The normalized spacial score (nSPS) is 16.3. The van der Waals surface area contributed by atoms with Gasteiger partial charge >= 0.3 is 6.03 Å². The largest absolute Gasteiger partial charge is 0.335 e. The smallest absolute Gasteiger partial charge is 0.319 e. The van der Waals surface area contributed by atoms with Gasteiger partial charge in [0.25, 0.3) is 0 Å². The number of anilines is 1. The van der Waals surface area contributed by atoms with E-state index in [0.717, 1.165) is 28.6 Å². The number of hydrogen-bond donors (Lipinski definition) is 2. The van der Waals surface area contributed by atoms with Gasteiger partial charge in [0.1, 0.15) is 0 Å². The van der Waals surface area contributed by atoms with Crippen LogP contribution < -0.4 is 10.6 Å². The number of nitrogens with one attached hydrogen (secondary N) is 2. The highest BCUT2D eigenvalue weighted by Crippen LogP contribution is 2.23. The van der Waals surface area contributed by atoms with Gasteiger partial charge in [-0.15, -0.1) is 0 Å². The number of hydrogen-bond acceptors (Lipinski definition) is 1. The molecule has 2 amide bonds. The van der Waals surface area contributed by atoms with Crippen molar-refractivity contribution in [1.82, 2.24) is 5.32 Å². The van der Waals surface area contributed by atoms with E-state index in [2.05, 4.69) is 26.6 Å². The maximum absolute atomic E-state index is 11.9. The van der Waals surface area contributed by atoms with E-state index in [-0.39, 0.29) is 6.03 Å². The van der Waals surface area contributed by atoms with Gasteiger partial charge in [-0.25, -0.2) is 4.79 Å². The van der Waals surface area contributed by atoms with E-state index in [1.165, 1.54) is 19.3 Å². The van der Waals surface area contributed by atoms with E-state index in [1.807, 2.05) is 25.1 Å². The minimum atomic E-state index is -0.104. The predicted octanol–water partition coefficient (Wildman–Crippen LogP) is 4.21. The third-order valence-electron chi connectivity index (χ3n) is 3.31. The number of urea groups is 1. The summed E-state index contributed by atoms with van der Waals surface area (Å²) >= 11 is 3.44. The second-order valence-electron chi connectivity index (χ2n) is 4.92. The zero-order chi connectivity index (χ0) is 13.0. The first-order chi connectivity index (χ1) is 8.65. The third kappa shape index (κ3) is 3.73. The van der Waals surface area contributed by atoms with Crippen molar-refractivity contribution < 1.29 is 4.79 Å². The highest BCUT2D eigenvalue weighted by molar-refractivity contribution is 9.10. The summed E-state index contributed by atoms with van der Waals surface area (Å²) in [6.45, 7) is 2.01. The summed E-state index contributed by atoms with van der Waals surface area (Å²) in [4.78, 5) is 11.9. The Morgan fingerprint density at radius 3 is 2.72 bits per heavy atom. The first kappa shape index (κ1) is 13.4. The molecule has 1 aromatic carbocycles. The van der Waals surface area contributed by atoms with Crippen molar-refractivity contribution >= 4 is 27.6 Å². The molecule has 98 valence electrons. The molecule has 2 rings (SSSR count). The van der Waals surface area contributed by atoms with Gasteiger partial charge < -0.3 is 10.6 Å². The molecule has 4 heteroatoms. The number of aryl methyl sites for hydroxylation is 1. The van der Waals surface area contributed by atoms with Crippen LogP contribution in [0, 0.1) is 6.92 Å². The Balaban J connectivity index is 1.92. The minimum absolute atomic E-state index is 0.104. The Morgan fingerprint density at radius 2 is 2.00 bits per heavy atom. The quantitative estimate of drug-likeness (QED) is 0.844. The molecule has 0 spiro atoms. The Morgan fingerprint density at radius 1 is 1.28 bits per heavy atom. The molecular formula is C14H19BrN2O. The number of carbonyl (C=O) groups is 1. The lowest BCUT2D eigenvalue weighted by molar-refractivity contribution is 0.244.